The number of benzene rings is 1. The summed E-state index contributed by atoms with van der Waals surface area (Å²) in [7, 11) is 1.51. The van der Waals surface area contributed by atoms with Crippen LogP contribution in [0.3, 0.4) is 0 Å². The van der Waals surface area contributed by atoms with Crippen LogP contribution in [-0.4, -0.2) is 38.6 Å². The van der Waals surface area contributed by atoms with E-state index in [0.717, 1.165) is 0 Å². The fourth-order valence-corrected chi connectivity index (χ4v) is 2.40. The average Bonchev–Trinajstić information content (AvgIpc) is 3.10. The van der Waals surface area contributed by atoms with Crippen LogP contribution in [0.1, 0.15) is 13.0 Å². The molecule has 6 nitrogen and oxygen atoms in total. The molecule has 2 heterocycles. The Hall–Kier alpha value is -2.80. The van der Waals surface area contributed by atoms with Crippen molar-refractivity contribution in [1.82, 2.24) is 19.7 Å². The first-order valence-corrected chi connectivity index (χ1v) is 7.45. The van der Waals surface area contributed by atoms with E-state index in [2.05, 4.69) is 15.2 Å². The van der Waals surface area contributed by atoms with Gasteiger partial charge in [0, 0.05) is 24.0 Å². The number of aliphatic hydroxyl groups excluding tert-OH is 1. The van der Waals surface area contributed by atoms with Gasteiger partial charge >= 0.3 is 0 Å². The molecule has 0 spiro atoms. The lowest BCUT2D eigenvalue weighted by atomic mass is 10.1. The van der Waals surface area contributed by atoms with Crippen molar-refractivity contribution in [2.75, 3.05) is 13.7 Å². The highest BCUT2D eigenvalue weighted by atomic mass is 19.1. The Balaban J connectivity index is 1.97. The molecule has 3 aromatic rings. The molecule has 0 fully saturated rings. The molecule has 124 valence electrons. The molecule has 2 aromatic heterocycles. The predicted octanol–water partition coefficient (Wildman–Crippen LogP) is 2.71. The highest BCUT2D eigenvalue weighted by Crippen LogP contribution is 2.28. The van der Waals surface area contributed by atoms with E-state index in [1.165, 1.54) is 13.2 Å². The zero-order valence-corrected chi connectivity index (χ0v) is 13.3. The Morgan fingerprint density at radius 2 is 2.08 bits per heavy atom. The average molecular weight is 328 g/mol. The summed E-state index contributed by atoms with van der Waals surface area (Å²) < 4.78 is 21.3. The van der Waals surface area contributed by atoms with E-state index in [4.69, 9.17) is 4.74 Å². The van der Waals surface area contributed by atoms with Gasteiger partial charge in [-0.05, 0) is 25.1 Å². The van der Waals surface area contributed by atoms with Gasteiger partial charge in [-0.3, -0.25) is 0 Å². The summed E-state index contributed by atoms with van der Waals surface area (Å²) in [5.41, 5.74) is 1.53. The van der Waals surface area contributed by atoms with Gasteiger partial charge in [-0.15, -0.1) is 10.2 Å². The molecule has 1 unspecified atom stereocenters. The van der Waals surface area contributed by atoms with E-state index >= 15 is 0 Å². The first-order chi connectivity index (χ1) is 11.6. The summed E-state index contributed by atoms with van der Waals surface area (Å²) in [6, 6.07) is 8.01. The van der Waals surface area contributed by atoms with Gasteiger partial charge in [0.2, 0.25) is 5.88 Å². The van der Waals surface area contributed by atoms with Crippen LogP contribution in [0.15, 0.2) is 42.7 Å². The molecule has 0 saturated carbocycles. The monoisotopic (exact) mass is 328 g/mol. The number of rotatable bonds is 5. The summed E-state index contributed by atoms with van der Waals surface area (Å²) in [5.74, 6) is 0.458. The van der Waals surface area contributed by atoms with Gasteiger partial charge in [-0.25, -0.2) is 9.37 Å². The van der Waals surface area contributed by atoms with Crippen LogP contribution in [0.5, 0.6) is 5.88 Å². The number of hydrogen-bond acceptors (Lipinski definition) is 5. The highest BCUT2D eigenvalue weighted by Gasteiger charge is 2.15. The topological polar surface area (TPSA) is 73.1 Å². The first kappa shape index (κ1) is 16.1. The molecule has 0 amide bonds. The lowest BCUT2D eigenvalue weighted by Gasteiger charge is -2.14. The fourth-order valence-electron chi connectivity index (χ4n) is 2.40. The number of aliphatic hydroxyl groups is 1. The van der Waals surface area contributed by atoms with Crippen LogP contribution in [0.2, 0.25) is 0 Å². The van der Waals surface area contributed by atoms with E-state index in [1.54, 1.807) is 41.2 Å². The molecule has 0 radical (unpaired) electrons. The molecular formula is C17H17FN4O2. The maximum absolute atomic E-state index is 14.6. The van der Waals surface area contributed by atoms with Crippen molar-refractivity contribution in [2.45, 2.75) is 13.0 Å². The lowest BCUT2D eigenvalue weighted by molar-refractivity contribution is 0.239. The third kappa shape index (κ3) is 2.98. The number of halogens is 1. The Labute approximate surface area is 138 Å². The SMILES string of the molecule is COc1ccc(-c2ccc(-c3nccn3C(C)CO)c(F)c2)nn1. The van der Waals surface area contributed by atoms with Crippen LogP contribution in [-0.2, 0) is 0 Å². The largest absolute Gasteiger partial charge is 0.480 e. The van der Waals surface area contributed by atoms with Crippen LogP contribution in [0.25, 0.3) is 22.6 Å². The standard InChI is InChI=1S/C17H17FN4O2/c1-11(10-23)22-8-7-19-17(22)13-4-3-12(9-14(13)18)15-5-6-16(24-2)21-20-15/h3-9,11,23H,10H2,1-2H3. The van der Waals surface area contributed by atoms with Crippen LogP contribution >= 0.6 is 0 Å². The van der Waals surface area contributed by atoms with Crippen LogP contribution < -0.4 is 4.74 Å². The molecule has 0 saturated heterocycles. The number of hydrogen-bond donors (Lipinski definition) is 1. The van der Waals surface area contributed by atoms with E-state index in [-0.39, 0.29) is 12.6 Å². The maximum atomic E-state index is 14.6. The Bertz CT molecular complexity index is 833. The van der Waals surface area contributed by atoms with E-state index in [0.29, 0.717) is 28.5 Å². The van der Waals surface area contributed by atoms with Crippen molar-refractivity contribution in [2.24, 2.45) is 0 Å². The Kier molecular flexibility index (Phi) is 4.52. The fraction of sp³-hybridized carbons (Fsp3) is 0.235. The van der Waals surface area contributed by atoms with Gasteiger partial charge in [0.1, 0.15) is 11.6 Å². The molecule has 1 N–H and O–H groups in total. The van der Waals surface area contributed by atoms with Gasteiger partial charge in [0.15, 0.2) is 0 Å². The van der Waals surface area contributed by atoms with Crippen molar-refractivity contribution >= 4 is 0 Å². The minimum atomic E-state index is -0.414. The second kappa shape index (κ2) is 6.76. The van der Waals surface area contributed by atoms with Gasteiger partial charge in [-0.2, -0.15) is 0 Å². The maximum Gasteiger partial charge on any atom is 0.233 e. The van der Waals surface area contributed by atoms with E-state index in [1.807, 2.05) is 6.92 Å². The third-order valence-corrected chi connectivity index (χ3v) is 3.76. The molecule has 3 rings (SSSR count). The molecule has 1 aromatic carbocycles. The zero-order chi connectivity index (χ0) is 17.1. The quantitative estimate of drug-likeness (QED) is 0.779. The lowest BCUT2D eigenvalue weighted by Crippen LogP contribution is -2.10. The minimum Gasteiger partial charge on any atom is -0.480 e. The predicted molar refractivity (Wildman–Crippen MR) is 87.0 cm³/mol. The molecule has 0 aliphatic heterocycles. The molecule has 7 heteroatoms. The first-order valence-electron chi connectivity index (χ1n) is 7.45. The molecule has 1 atom stereocenters. The van der Waals surface area contributed by atoms with Crippen molar-refractivity contribution in [3.8, 4) is 28.5 Å². The smallest absolute Gasteiger partial charge is 0.233 e. The molecule has 0 aliphatic carbocycles. The third-order valence-electron chi connectivity index (χ3n) is 3.76. The highest BCUT2D eigenvalue weighted by molar-refractivity contribution is 5.66. The van der Waals surface area contributed by atoms with Gasteiger partial charge in [0.25, 0.3) is 0 Å². The molecule has 0 bridgehead atoms. The summed E-state index contributed by atoms with van der Waals surface area (Å²) >= 11 is 0. The Morgan fingerprint density at radius 3 is 2.71 bits per heavy atom. The van der Waals surface area contributed by atoms with Gasteiger partial charge in [-0.1, -0.05) is 6.07 Å². The second-order valence-electron chi connectivity index (χ2n) is 5.35. The molecule has 24 heavy (non-hydrogen) atoms. The minimum absolute atomic E-state index is 0.0511. The number of methoxy groups -OCH3 is 1. The Morgan fingerprint density at radius 1 is 1.25 bits per heavy atom. The van der Waals surface area contributed by atoms with Crippen molar-refractivity contribution in [3.63, 3.8) is 0 Å². The number of aromatic nitrogens is 4. The normalized spacial score (nSPS) is 12.2. The van der Waals surface area contributed by atoms with Gasteiger partial charge < -0.3 is 14.4 Å². The van der Waals surface area contributed by atoms with Crippen LogP contribution in [0, 0.1) is 5.82 Å². The summed E-state index contributed by atoms with van der Waals surface area (Å²) in [5, 5.41) is 17.2. The van der Waals surface area contributed by atoms with E-state index < -0.39 is 5.82 Å². The second-order valence-corrected chi connectivity index (χ2v) is 5.35. The summed E-state index contributed by atoms with van der Waals surface area (Å²) in [6.45, 7) is 1.79. The number of imidazole rings is 1. The van der Waals surface area contributed by atoms with Crippen molar-refractivity contribution in [1.29, 1.82) is 0 Å². The van der Waals surface area contributed by atoms with Crippen molar-refractivity contribution < 1.29 is 14.2 Å². The van der Waals surface area contributed by atoms with Crippen molar-refractivity contribution in [3.05, 3.63) is 48.5 Å². The van der Waals surface area contributed by atoms with Crippen LogP contribution in [0.4, 0.5) is 4.39 Å². The number of nitrogens with zero attached hydrogens (tertiary/aromatic N) is 4. The molecule has 0 aliphatic rings. The van der Waals surface area contributed by atoms with E-state index in [9.17, 15) is 9.50 Å². The summed E-state index contributed by atoms with van der Waals surface area (Å²) in [4.78, 5) is 4.21. The number of ether oxygens (including phenoxy) is 1. The molecular weight excluding hydrogens is 311 g/mol. The zero-order valence-electron chi connectivity index (χ0n) is 13.3. The summed E-state index contributed by atoms with van der Waals surface area (Å²) in [6.07, 6.45) is 3.31. The van der Waals surface area contributed by atoms with Gasteiger partial charge in [0.05, 0.1) is 31.0 Å².